The van der Waals surface area contributed by atoms with Crippen molar-refractivity contribution in [2.75, 3.05) is 45.4 Å². The standard InChI is InChI=1S/C35H45ClN2O6S/c1-23-6-12-32(43-3)29-10-7-26(29)20-38-21-35(15-4-5-24-18-27(36)9-11-30(24)35)22-44-33-13-8-25(19-31(33)38)34(39)37-45(40,41)28(17-23)14-16-42-2/h6,8-9,11-13,18-19,23,26,28-29,32H,4-5,7,10,14-17,20-22H2,1-3H3,(H,37,39)/b12-6+/t23-,26-,28+,29+,32-,35-/m0/s1. The number of amides is 1. The third kappa shape index (κ3) is 6.64. The molecule has 0 radical (unpaired) electrons. The van der Waals surface area contributed by atoms with Crippen LogP contribution in [0.15, 0.2) is 48.6 Å². The molecule has 2 heterocycles. The Labute approximate surface area is 272 Å². The van der Waals surface area contributed by atoms with Gasteiger partial charge in [0.2, 0.25) is 10.0 Å². The molecule has 2 aromatic carbocycles. The van der Waals surface area contributed by atoms with Crippen molar-refractivity contribution in [3.8, 4) is 5.75 Å². The second kappa shape index (κ2) is 13.3. The second-order valence-corrected chi connectivity index (χ2v) is 15.9. The van der Waals surface area contributed by atoms with Gasteiger partial charge in [0.15, 0.2) is 0 Å². The Kier molecular flexibility index (Phi) is 9.53. The Morgan fingerprint density at radius 2 is 1.98 bits per heavy atom. The number of hydrogen-bond acceptors (Lipinski definition) is 7. The van der Waals surface area contributed by atoms with E-state index in [-0.39, 0.29) is 30.5 Å². The number of anilines is 1. The summed E-state index contributed by atoms with van der Waals surface area (Å²) in [6.07, 6.45) is 9.96. The smallest absolute Gasteiger partial charge is 0.264 e. The van der Waals surface area contributed by atoms with Crippen LogP contribution in [0, 0.1) is 17.8 Å². The molecule has 1 N–H and O–H groups in total. The first-order valence-electron chi connectivity index (χ1n) is 16.2. The summed E-state index contributed by atoms with van der Waals surface area (Å²) in [5.41, 5.74) is 3.42. The van der Waals surface area contributed by atoms with Crippen LogP contribution in [0.3, 0.4) is 0 Å². The number of carbonyl (C=O) groups excluding carboxylic acids is 1. The van der Waals surface area contributed by atoms with Crippen LogP contribution in [0.25, 0.3) is 0 Å². The van der Waals surface area contributed by atoms with E-state index in [0.717, 1.165) is 55.9 Å². The lowest BCUT2D eigenvalue weighted by Gasteiger charge is -2.46. The lowest BCUT2D eigenvalue weighted by Crippen LogP contribution is -2.49. The summed E-state index contributed by atoms with van der Waals surface area (Å²) in [6.45, 7) is 4.32. The van der Waals surface area contributed by atoms with Gasteiger partial charge >= 0.3 is 0 Å². The molecule has 8 nitrogen and oxygen atoms in total. The molecule has 2 aliphatic carbocycles. The van der Waals surface area contributed by atoms with E-state index in [1.807, 2.05) is 25.1 Å². The number of allylic oxidation sites excluding steroid dienone is 1. The first kappa shape index (κ1) is 32.4. The molecule has 244 valence electrons. The van der Waals surface area contributed by atoms with Gasteiger partial charge in [0.1, 0.15) is 5.75 Å². The number of benzene rings is 2. The molecule has 6 atom stereocenters. The summed E-state index contributed by atoms with van der Waals surface area (Å²) >= 11 is 6.42. The topological polar surface area (TPSA) is 94.2 Å². The van der Waals surface area contributed by atoms with Crippen LogP contribution in [-0.2, 0) is 31.3 Å². The summed E-state index contributed by atoms with van der Waals surface area (Å²) in [6, 6.07) is 11.5. The van der Waals surface area contributed by atoms with E-state index in [0.29, 0.717) is 36.2 Å². The van der Waals surface area contributed by atoms with Gasteiger partial charge in [-0.2, -0.15) is 0 Å². The van der Waals surface area contributed by atoms with Crippen LogP contribution >= 0.6 is 11.6 Å². The molecular formula is C35H45ClN2O6S. The molecule has 45 heavy (non-hydrogen) atoms. The van der Waals surface area contributed by atoms with Crippen LogP contribution in [0.2, 0.25) is 5.02 Å². The summed E-state index contributed by atoms with van der Waals surface area (Å²) in [4.78, 5) is 16.0. The molecule has 1 amide bonds. The molecule has 6 rings (SSSR count). The van der Waals surface area contributed by atoms with Gasteiger partial charge in [0, 0.05) is 49.9 Å². The van der Waals surface area contributed by atoms with E-state index in [1.165, 1.54) is 11.1 Å². The number of aryl methyl sites for hydroxylation is 1. The Morgan fingerprint density at radius 1 is 1.13 bits per heavy atom. The van der Waals surface area contributed by atoms with Crippen molar-refractivity contribution in [2.24, 2.45) is 17.8 Å². The highest BCUT2D eigenvalue weighted by Crippen LogP contribution is 2.47. The van der Waals surface area contributed by atoms with Gasteiger partial charge in [-0.1, -0.05) is 36.7 Å². The third-order valence-corrected chi connectivity index (χ3v) is 12.5. The zero-order valence-corrected chi connectivity index (χ0v) is 28.0. The van der Waals surface area contributed by atoms with Crippen molar-refractivity contribution >= 4 is 33.2 Å². The molecule has 1 fully saturated rings. The number of sulfonamides is 1. The van der Waals surface area contributed by atoms with Crippen LogP contribution in [-0.4, -0.2) is 66.2 Å². The maximum absolute atomic E-state index is 13.6. The van der Waals surface area contributed by atoms with Gasteiger partial charge in [-0.3, -0.25) is 4.79 Å². The van der Waals surface area contributed by atoms with Gasteiger partial charge in [0.05, 0.1) is 23.6 Å². The summed E-state index contributed by atoms with van der Waals surface area (Å²) in [7, 11) is -0.671. The average Bonchev–Trinajstić information content (AvgIpc) is 3.15. The van der Waals surface area contributed by atoms with Crippen molar-refractivity contribution < 1.29 is 27.4 Å². The van der Waals surface area contributed by atoms with Crippen molar-refractivity contribution in [2.45, 2.75) is 68.6 Å². The Bertz CT molecular complexity index is 1550. The van der Waals surface area contributed by atoms with E-state index in [1.54, 1.807) is 20.3 Å². The molecule has 2 bridgehead atoms. The van der Waals surface area contributed by atoms with E-state index in [9.17, 15) is 13.2 Å². The minimum Gasteiger partial charge on any atom is -0.490 e. The Morgan fingerprint density at radius 3 is 2.73 bits per heavy atom. The highest BCUT2D eigenvalue weighted by molar-refractivity contribution is 7.90. The van der Waals surface area contributed by atoms with Crippen LogP contribution in [0.5, 0.6) is 5.75 Å². The third-order valence-electron chi connectivity index (χ3n) is 10.5. The molecule has 0 saturated heterocycles. The van der Waals surface area contributed by atoms with Gasteiger partial charge in [0.25, 0.3) is 5.91 Å². The van der Waals surface area contributed by atoms with Gasteiger partial charge in [-0.05, 0) is 104 Å². The monoisotopic (exact) mass is 656 g/mol. The van der Waals surface area contributed by atoms with Gasteiger partial charge < -0.3 is 19.1 Å². The Balaban J connectivity index is 1.42. The number of rotatable bonds is 4. The zero-order chi connectivity index (χ0) is 31.8. The number of nitrogens with zero attached hydrogens (tertiary/aromatic N) is 1. The zero-order valence-electron chi connectivity index (χ0n) is 26.5. The first-order valence-corrected chi connectivity index (χ1v) is 18.1. The number of fused-ring (bicyclic) bond motifs is 4. The second-order valence-electron chi connectivity index (χ2n) is 13.5. The molecule has 2 aliphatic heterocycles. The average molecular weight is 657 g/mol. The predicted octanol–water partition coefficient (Wildman–Crippen LogP) is 5.92. The van der Waals surface area contributed by atoms with E-state index < -0.39 is 21.2 Å². The normalized spacial score (nSPS) is 31.9. The maximum Gasteiger partial charge on any atom is 0.264 e. The van der Waals surface area contributed by atoms with Crippen molar-refractivity contribution in [1.29, 1.82) is 0 Å². The highest BCUT2D eigenvalue weighted by atomic mass is 35.5. The molecular weight excluding hydrogens is 612 g/mol. The van der Waals surface area contributed by atoms with Gasteiger partial charge in [-0.25, -0.2) is 13.1 Å². The number of nitrogens with one attached hydrogen (secondary N) is 1. The van der Waals surface area contributed by atoms with Crippen LogP contribution in [0.1, 0.15) is 66.9 Å². The number of methoxy groups -OCH3 is 2. The molecule has 1 spiro atoms. The summed E-state index contributed by atoms with van der Waals surface area (Å²) < 4.78 is 47.4. The fourth-order valence-corrected chi connectivity index (χ4v) is 9.60. The quantitative estimate of drug-likeness (QED) is 0.409. The fourth-order valence-electron chi connectivity index (χ4n) is 7.90. The minimum atomic E-state index is -3.98. The molecule has 4 aliphatic rings. The molecule has 2 aromatic rings. The van der Waals surface area contributed by atoms with Crippen molar-refractivity contribution in [3.63, 3.8) is 0 Å². The summed E-state index contributed by atoms with van der Waals surface area (Å²) in [5, 5.41) is -0.0409. The van der Waals surface area contributed by atoms with Crippen LogP contribution in [0.4, 0.5) is 5.69 Å². The predicted molar refractivity (Wildman–Crippen MR) is 177 cm³/mol. The lowest BCUT2D eigenvalue weighted by molar-refractivity contribution is 0.0130. The maximum atomic E-state index is 13.6. The molecule has 0 unspecified atom stereocenters. The number of carbonyl (C=O) groups is 1. The number of hydrogen-bond donors (Lipinski definition) is 1. The number of halogens is 1. The first-order chi connectivity index (χ1) is 21.6. The molecule has 1 saturated carbocycles. The minimum absolute atomic E-state index is 0.0315. The number of ether oxygens (including phenoxy) is 3. The fraction of sp³-hybridized carbons (Fsp3) is 0.571. The van der Waals surface area contributed by atoms with Gasteiger partial charge in [-0.15, -0.1) is 0 Å². The highest BCUT2D eigenvalue weighted by Gasteiger charge is 2.44. The van der Waals surface area contributed by atoms with E-state index >= 15 is 0 Å². The lowest BCUT2D eigenvalue weighted by atomic mass is 9.68. The molecule has 0 aromatic heterocycles. The molecule has 10 heteroatoms. The van der Waals surface area contributed by atoms with Crippen molar-refractivity contribution in [3.05, 3.63) is 70.3 Å². The van der Waals surface area contributed by atoms with E-state index in [4.69, 9.17) is 25.8 Å². The van der Waals surface area contributed by atoms with E-state index in [2.05, 4.69) is 33.9 Å². The Hall–Kier alpha value is -2.59. The summed E-state index contributed by atoms with van der Waals surface area (Å²) in [5.74, 6) is 0.779. The van der Waals surface area contributed by atoms with Crippen molar-refractivity contribution in [1.82, 2.24) is 4.72 Å². The SMILES string of the molecule is COCC[C@@H]1C[C@@H](C)/C=C/[C@H](OC)[C@@H]2CC[C@H]2CN2C[C@@]3(CCCc4cc(Cl)ccc43)COc3ccc(cc32)C(=O)NS1(=O)=O. The largest absolute Gasteiger partial charge is 0.490 e. The van der Waals surface area contributed by atoms with Crippen LogP contribution < -0.4 is 14.4 Å².